The third-order valence-electron chi connectivity index (χ3n) is 3.58. The summed E-state index contributed by atoms with van der Waals surface area (Å²) in [7, 11) is -3.93. The first-order chi connectivity index (χ1) is 12.5. The van der Waals surface area contributed by atoms with Gasteiger partial charge in [0.15, 0.2) is 5.75 Å². The van der Waals surface area contributed by atoms with Crippen molar-refractivity contribution in [2.75, 3.05) is 5.32 Å². The minimum atomic E-state index is -3.93. The Kier molecular flexibility index (Phi) is 5.71. The molecule has 0 saturated heterocycles. The fourth-order valence-corrected chi connectivity index (χ4v) is 3.74. The monoisotopic (exact) mass is 407 g/mol. The second-order valence-electron chi connectivity index (χ2n) is 5.45. The van der Waals surface area contributed by atoms with Gasteiger partial charge in [0.1, 0.15) is 4.90 Å². The summed E-state index contributed by atoms with van der Waals surface area (Å²) in [6, 6.07) is 20.2. The molecule has 4 nitrogen and oxygen atoms in total. The van der Waals surface area contributed by atoms with Crippen molar-refractivity contribution in [1.29, 1.82) is 0 Å². The summed E-state index contributed by atoms with van der Waals surface area (Å²) in [4.78, 5) is 0.0699. The van der Waals surface area contributed by atoms with Crippen LogP contribution < -0.4 is 9.50 Å². The van der Waals surface area contributed by atoms with E-state index in [1.165, 1.54) is 18.2 Å². The van der Waals surface area contributed by atoms with Gasteiger partial charge in [-0.2, -0.15) is 8.42 Å². The SMILES string of the molecule is O=S(=O)(Oc1ccc(CNc2ccccc2Cl)cc1Cl)c1ccccc1. The molecule has 0 saturated carbocycles. The Morgan fingerprint density at radius 1 is 0.846 bits per heavy atom. The van der Waals surface area contributed by atoms with E-state index in [1.807, 2.05) is 18.2 Å². The van der Waals surface area contributed by atoms with E-state index in [9.17, 15) is 8.42 Å². The van der Waals surface area contributed by atoms with E-state index < -0.39 is 10.1 Å². The number of anilines is 1. The summed E-state index contributed by atoms with van der Waals surface area (Å²) >= 11 is 12.3. The third-order valence-corrected chi connectivity index (χ3v) is 5.46. The lowest BCUT2D eigenvalue weighted by atomic mass is 10.2. The fourth-order valence-electron chi connectivity index (χ4n) is 2.28. The predicted molar refractivity (Wildman–Crippen MR) is 104 cm³/mol. The van der Waals surface area contributed by atoms with E-state index >= 15 is 0 Å². The number of benzene rings is 3. The average molecular weight is 408 g/mol. The highest BCUT2D eigenvalue weighted by Gasteiger charge is 2.18. The van der Waals surface area contributed by atoms with Crippen molar-refractivity contribution in [3.05, 3.63) is 88.4 Å². The van der Waals surface area contributed by atoms with E-state index in [4.69, 9.17) is 27.4 Å². The second kappa shape index (κ2) is 7.99. The van der Waals surface area contributed by atoms with Gasteiger partial charge in [-0.1, -0.05) is 59.6 Å². The van der Waals surface area contributed by atoms with Crippen LogP contribution in [0.2, 0.25) is 10.0 Å². The molecule has 0 aliphatic carbocycles. The molecule has 0 radical (unpaired) electrons. The largest absolute Gasteiger partial charge is 0.380 e. The first kappa shape index (κ1) is 18.6. The quantitative estimate of drug-likeness (QED) is 0.557. The van der Waals surface area contributed by atoms with Crippen molar-refractivity contribution < 1.29 is 12.6 Å². The molecule has 3 aromatic carbocycles. The van der Waals surface area contributed by atoms with Crippen LogP contribution in [-0.2, 0) is 16.7 Å². The summed E-state index contributed by atoms with van der Waals surface area (Å²) in [6.45, 7) is 0.481. The van der Waals surface area contributed by atoms with Crippen LogP contribution in [0.15, 0.2) is 77.7 Å². The first-order valence-electron chi connectivity index (χ1n) is 7.72. The maximum absolute atomic E-state index is 12.3. The van der Waals surface area contributed by atoms with E-state index in [2.05, 4.69) is 5.32 Å². The number of hydrogen-bond acceptors (Lipinski definition) is 4. The first-order valence-corrected chi connectivity index (χ1v) is 9.88. The molecular weight excluding hydrogens is 393 g/mol. The fraction of sp³-hybridized carbons (Fsp3) is 0.0526. The number of hydrogen-bond donors (Lipinski definition) is 1. The minimum absolute atomic E-state index is 0.0699. The number of rotatable bonds is 6. The molecular formula is C19H15Cl2NO3S. The summed E-state index contributed by atoms with van der Waals surface area (Å²) in [6.07, 6.45) is 0. The molecule has 0 heterocycles. The van der Waals surface area contributed by atoms with Gasteiger partial charge in [0.2, 0.25) is 0 Å². The van der Waals surface area contributed by atoms with E-state index in [0.29, 0.717) is 11.6 Å². The highest BCUT2D eigenvalue weighted by Crippen LogP contribution is 2.29. The van der Waals surface area contributed by atoms with Crippen LogP contribution in [0.25, 0.3) is 0 Å². The highest BCUT2D eigenvalue weighted by molar-refractivity contribution is 7.87. The van der Waals surface area contributed by atoms with E-state index in [-0.39, 0.29) is 15.7 Å². The molecule has 0 amide bonds. The Balaban J connectivity index is 1.73. The smallest absolute Gasteiger partial charge is 0.339 e. The summed E-state index contributed by atoms with van der Waals surface area (Å²) in [5, 5.41) is 4.03. The van der Waals surface area contributed by atoms with Crippen LogP contribution in [0.3, 0.4) is 0 Å². The molecule has 7 heteroatoms. The molecule has 1 N–H and O–H groups in total. The van der Waals surface area contributed by atoms with Gasteiger partial charge >= 0.3 is 10.1 Å². The minimum Gasteiger partial charge on any atom is -0.380 e. The van der Waals surface area contributed by atoms with Gasteiger partial charge in [-0.05, 0) is 42.0 Å². The van der Waals surface area contributed by atoms with Crippen LogP contribution >= 0.6 is 23.2 Å². The van der Waals surface area contributed by atoms with Gasteiger partial charge in [0.05, 0.1) is 15.7 Å². The molecule has 3 rings (SSSR count). The lowest BCUT2D eigenvalue weighted by molar-refractivity contribution is 0.486. The van der Waals surface area contributed by atoms with Crippen molar-refractivity contribution >= 4 is 39.0 Å². The van der Waals surface area contributed by atoms with Gasteiger partial charge in [0.25, 0.3) is 0 Å². The van der Waals surface area contributed by atoms with Crippen LogP contribution in [-0.4, -0.2) is 8.42 Å². The molecule has 26 heavy (non-hydrogen) atoms. The molecule has 0 bridgehead atoms. The molecule has 0 atom stereocenters. The third kappa shape index (κ3) is 4.49. The Labute approximate surface area is 162 Å². The summed E-state index contributed by atoms with van der Waals surface area (Å²) < 4.78 is 29.7. The van der Waals surface area contributed by atoms with Crippen molar-refractivity contribution in [2.24, 2.45) is 0 Å². The van der Waals surface area contributed by atoms with Gasteiger partial charge in [-0.25, -0.2) is 0 Å². The Bertz CT molecular complexity index is 1010. The lowest BCUT2D eigenvalue weighted by Crippen LogP contribution is -2.10. The average Bonchev–Trinajstić information content (AvgIpc) is 2.64. The Hall–Kier alpha value is -2.21. The summed E-state index contributed by atoms with van der Waals surface area (Å²) in [5.74, 6) is 0.0806. The van der Waals surface area contributed by atoms with Crippen molar-refractivity contribution in [2.45, 2.75) is 11.4 Å². The molecule has 0 aliphatic heterocycles. The predicted octanol–water partition coefficient (Wildman–Crippen LogP) is 5.37. The second-order valence-corrected chi connectivity index (χ2v) is 7.81. The number of halogens is 2. The van der Waals surface area contributed by atoms with E-state index in [0.717, 1.165) is 11.3 Å². The van der Waals surface area contributed by atoms with Crippen molar-refractivity contribution in [1.82, 2.24) is 0 Å². The van der Waals surface area contributed by atoms with Gasteiger partial charge in [-0.15, -0.1) is 0 Å². The van der Waals surface area contributed by atoms with Gasteiger partial charge in [-0.3, -0.25) is 0 Å². The van der Waals surface area contributed by atoms with Crippen LogP contribution in [0.5, 0.6) is 5.75 Å². The topological polar surface area (TPSA) is 55.4 Å². The lowest BCUT2D eigenvalue weighted by Gasteiger charge is -2.11. The van der Waals surface area contributed by atoms with Crippen LogP contribution in [0, 0.1) is 0 Å². The van der Waals surface area contributed by atoms with Crippen molar-refractivity contribution in [3.8, 4) is 5.75 Å². The summed E-state index contributed by atoms with van der Waals surface area (Å²) in [5.41, 5.74) is 1.66. The van der Waals surface area contributed by atoms with Gasteiger partial charge in [0, 0.05) is 6.54 Å². The molecule has 134 valence electrons. The number of nitrogens with one attached hydrogen (secondary N) is 1. The Morgan fingerprint density at radius 3 is 2.23 bits per heavy atom. The normalized spacial score (nSPS) is 11.2. The van der Waals surface area contributed by atoms with Crippen molar-refractivity contribution in [3.63, 3.8) is 0 Å². The zero-order valence-corrected chi connectivity index (χ0v) is 15.9. The zero-order valence-electron chi connectivity index (χ0n) is 13.5. The van der Waals surface area contributed by atoms with Crippen LogP contribution in [0.4, 0.5) is 5.69 Å². The standard InChI is InChI=1S/C19H15Cl2NO3S/c20-16-8-4-5-9-18(16)22-13-14-10-11-19(17(21)12-14)25-26(23,24)15-6-2-1-3-7-15/h1-12,22H,13H2. The molecule has 0 aliphatic rings. The molecule has 0 fully saturated rings. The highest BCUT2D eigenvalue weighted by atomic mass is 35.5. The maximum atomic E-state index is 12.3. The van der Waals surface area contributed by atoms with Crippen LogP contribution in [0.1, 0.15) is 5.56 Å². The molecule has 0 spiro atoms. The zero-order chi connectivity index (χ0) is 18.6. The maximum Gasteiger partial charge on any atom is 0.339 e. The number of para-hydroxylation sites is 1. The molecule has 0 aromatic heterocycles. The molecule has 3 aromatic rings. The van der Waals surface area contributed by atoms with E-state index in [1.54, 1.807) is 36.4 Å². The molecule has 0 unspecified atom stereocenters. The van der Waals surface area contributed by atoms with Gasteiger partial charge < -0.3 is 9.50 Å². The Morgan fingerprint density at radius 2 is 1.54 bits per heavy atom.